The van der Waals surface area contributed by atoms with Crippen LogP contribution >= 0.6 is 11.3 Å². The third-order valence-electron chi connectivity index (χ3n) is 3.53. The zero-order valence-corrected chi connectivity index (χ0v) is 14.3. The SMILES string of the molecule is CCCNC(c1csc(C)n1)c1c(C)cc(C)cc1OC. The second kappa shape index (κ2) is 7.05. The molecular weight excluding hydrogens is 280 g/mol. The van der Waals surface area contributed by atoms with Gasteiger partial charge in [0.15, 0.2) is 0 Å². The van der Waals surface area contributed by atoms with E-state index >= 15 is 0 Å². The number of nitrogens with one attached hydrogen (secondary N) is 1. The van der Waals surface area contributed by atoms with Crippen molar-refractivity contribution >= 4 is 11.3 Å². The van der Waals surface area contributed by atoms with Crippen LogP contribution in [0.1, 0.15) is 46.8 Å². The number of aromatic nitrogens is 1. The van der Waals surface area contributed by atoms with Gasteiger partial charge in [0, 0.05) is 10.9 Å². The van der Waals surface area contributed by atoms with E-state index in [2.05, 4.69) is 48.6 Å². The molecule has 1 aromatic heterocycles. The smallest absolute Gasteiger partial charge is 0.124 e. The standard InChI is InChI=1S/C17H24N2OS/c1-6-7-18-17(14-10-21-13(4)19-14)16-12(3)8-11(2)9-15(16)20-5/h8-10,17-18H,6-7H2,1-5H3. The summed E-state index contributed by atoms with van der Waals surface area (Å²) in [5, 5.41) is 6.85. The van der Waals surface area contributed by atoms with Crippen LogP contribution in [0, 0.1) is 20.8 Å². The number of nitrogens with zero attached hydrogens (tertiary/aromatic N) is 1. The van der Waals surface area contributed by atoms with Gasteiger partial charge in [-0.15, -0.1) is 11.3 Å². The maximum atomic E-state index is 5.63. The molecular formula is C17H24N2OS. The number of benzene rings is 1. The molecule has 0 aliphatic carbocycles. The second-order valence-electron chi connectivity index (χ2n) is 5.38. The monoisotopic (exact) mass is 304 g/mol. The third-order valence-corrected chi connectivity index (χ3v) is 4.32. The van der Waals surface area contributed by atoms with E-state index < -0.39 is 0 Å². The summed E-state index contributed by atoms with van der Waals surface area (Å²) >= 11 is 1.69. The summed E-state index contributed by atoms with van der Waals surface area (Å²) in [6.45, 7) is 9.42. The first kappa shape index (κ1) is 16.0. The first-order chi connectivity index (χ1) is 10.1. The zero-order valence-electron chi connectivity index (χ0n) is 13.5. The van der Waals surface area contributed by atoms with E-state index in [9.17, 15) is 0 Å². The van der Waals surface area contributed by atoms with Gasteiger partial charge in [0.1, 0.15) is 5.75 Å². The van der Waals surface area contributed by atoms with Crippen LogP contribution in [0.3, 0.4) is 0 Å². The van der Waals surface area contributed by atoms with Gasteiger partial charge in [-0.2, -0.15) is 0 Å². The maximum Gasteiger partial charge on any atom is 0.124 e. The van der Waals surface area contributed by atoms with E-state index in [1.165, 1.54) is 16.7 Å². The lowest BCUT2D eigenvalue weighted by molar-refractivity contribution is 0.402. The van der Waals surface area contributed by atoms with Crippen molar-refractivity contribution in [2.75, 3.05) is 13.7 Å². The Hall–Kier alpha value is -1.39. The number of aryl methyl sites for hydroxylation is 3. The van der Waals surface area contributed by atoms with Crippen molar-refractivity contribution < 1.29 is 4.74 Å². The van der Waals surface area contributed by atoms with Crippen LogP contribution in [0.15, 0.2) is 17.5 Å². The fraction of sp³-hybridized carbons (Fsp3) is 0.471. The lowest BCUT2D eigenvalue weighted by Gasteiger charge is -2.22. The van der Waals surface area contributed by atoms with Crippen LogP contribution in [-0.4, -0.2) is 18.6 Å². The average Bonchev–Trinajstić information content (AvgIpc) is 2.87. The molecule has 0 saturated heterocycles. The van der Waals surface area contributed by atoms with Crippen molar-refractivity contribution in [1.82, 2.24) is 10.3 Å². The van der Waals surface area contributed by atoms with E-state index in [0.717, 1.165) is 29.4 Å². The Balaban J connectivity index is 2.50. The number of methoxy groups -OCH3 is 1. The molecule has 0 radical (unpaired) electrons. The van der Waals surface area contributed by atoms with Gasteiger partial charge in [0.2, 0.25) is 0 Å². The molecule has 1 heterocycles. The second-order valence-corrected chi connectivity index (χ2v) is 6.44. The van der Waals surface area contributed by atoms with Crippen molar-refractivity contribution in [3.63, 3.8) is 0 Å². The summed E-state index contributed by atoms with van der Waals surface area (Å²) < 4.78 is 5.63. The van der Waals surface area contributed by atoms with Crippen LogP contribution in [0.4, 0.5) is 0 Å². The van der Waals surface area contributed by atoms with Gasteiger partial charge in [-0.3, -0.25) is 0 Å². The zero-order chi connectivity index (χ0) is 15.4. The summed E-state index contributed by atoms with van der Waals surface area (Å²) in [5.74, 6) is 0.937. The molecule has 21 heavy (non-hydrogen) atoms. The molecule has 1 N–H and O–H groups in total. The Morgan fingerprint density at radius 1 is 1.29 bits per heavy atom. The average molecular weight is 304 g/mol. The lowest BCUT2D eigenvalue weighted by Crippen LogP contribution is -2.25. The van der Waals surface area contributed by atoms with E-state index in [-0.39, 0.29) is 6.04 Å². The quantitative estimate of drug-likeness (QED) is 0.870. The Labute approximate surface area is 131 Å². The molecule has 114 valence electrons. The Bertz CT molecular complexity index is 607. The van der Waals surface area contributed by atoms with Crippen molar-refractivity contribution in [3.05, 3.63) is 44.9 Å². The van der Waals surface area contributed by atoms with Crippen LogP contribution < -0.4 is 10.1 Å². The fourth-order valence-corrected chi connectivity index (χ4v) is 3.27. The number of rotatable bonds is 6. The predicted octanol–water partition coefficient (Wildman–Crippen LogP) is 4.17. The van der Waals surface area contributed by atoms with Crippen LogP contribution in [-0.2, 0) is 0 Å². The summed E-state index contributed by atoms with van der Waals surface area (Å²) in [6, 6.07) is 4.39. The van der Waals surface area contributed by atoms with Crippen LogP contribution in [0.2, 0.25) is 0 Å². The van der Waals surface area contributed by atoms with Gasteiger partial charge >= 0.3 is 0 Å². The molecule has 2 aromatic rings. The molecule has 3 nitrogen and oxygen atoms in total. The highest BCUT2D eigenvalue weighted by Crippen LogP contribution is 2.34. The topological polar surface area (TPSA) is 34.2 Å². The largest absolute Gasteiger partial charge is 0.496 e. The summed E-state index contributed by atoms with van der Waals surface area (Å²) in [6.07, 6.45) is 1.09. The molecule has 0 saturated carbocycles. The minimum atomic E-state index is 0.0884. The molecule has 1 aromatic carbocycles. The van der Waals surface area contributed by atoms with Crippen LogP contribution in [0.5, 0.6) is 5.75 Å². The predicted molar refractivity (Wildman–Crippen MR) is 89.5 cm³/mol. The van der Waals surface area contributed by atoms with Crippen molar-refractivity contribution in [2.24, 2.45) is 0 Å². The van der Waals surface area contributed by atoms with Gasteiger partial charge in [-0.1, -0.05) is 13.0 Å². The summed E-state index contributed by atoms with van der Waals surface area (Å²) in [4.78, 5) is 4.68. The number of thiazole rings is 1. The van der Waals surface area contributed by atoms with Crippen LogP contribution in [0.25, 0.3) is 0 Å². The highest BCUT2D eigenvalue weighted by molar-refractivity contribution is 7.09. The summed E-state index contributed by atoms with van der Waals surface area (Å²) in [7, 11) is 1.74. The van der Waals surface area contributed by atoms with Gasteiger partial charge < -0.3 is 10.1 Å². The first-order valence-electron chi connectivity index (χ1n) is 7.37. The molecule has 4 heteroatoms. The first-order valence-corrected chi connectivity index (χ1v) is 8.25. The molecule has 0 amide bonds. The molecule has 0 bridgehead atoms. The van der Waals surface area contributed by atoms with E-state index in [1.807, 2.05) is 6.92 Å². The third kappa shape index (κ3) is 3.63. The normalized spacial score (nSPS) is 12.4. The molecule has 0 aliphatic heterocycles. The van der Waals surface area contributed by atoms with Crippen molar-refractivity contribution in [2.45, 2.75) is 40.2 Å². The molecule has 1 unspecified atom stereocenters. The fourth-order valence-electron chi connectivity index (χ4n) is 2.63. The highest BCUT2D eigenvalue weighted by atomic mass is 32.1. The minimum Gasteiger partial charge on any atom is -0.496 e. The minimum absolute atomic E-state index is 0.0884. The molecule has 2 rings (SSSR count). The van der Waals surface area contributed by atoms with Gasteiger partial charge in [-0.05, 0) is 50.9 Å². The van der Waals surface area contributed by atoms with Crippen molar-refractivity contribution in [1.29, 1.82) is 0 Å². The highest BCUT2D eigenvalue weighted by Gasteiger charge is 2.22. The van der Waals surface area contributed by atoms with Gasteiger partial charge in [0.25, 0.3) is 0 Å². The van der Waals surface area contributed by atoms with Gasteiger partial charge in [0.05, 0.1) is 23.9 Å². The van der Waals surface area contributed by atoms with E-state index in [1.54, 1.807) is 18.4 Å². The molecule has 0 fully saturated rings. The maximum absolute atomic E-state index is 5.63. The van der Waals surface area contributed by atoms with E-state index in [4.69, 9.17) is 4.74 Å². The lowest BCUT2D eigenvalue weighted by atomic mass is 9.96. The molecule has 1 atom stereocenters. The van der Waals surface area contributed by atoms with E-state index in [0.29, 0.717) is 0 Å². The number of hydrogen-bond acceptors (Lipinski definition) is 4. The molecule has 0 spiro atoms. The summed E-state index contributed by atoms with van der Waals surface area (Å²) in [5.41, 5.74) is 4.74. The van der Waals surface area contributed by atoms with Gasteiger partial charge in [-0.25, -0.2) is 4.98 Å². The molecule has 0 aliphatic rings. The Morgan fingerprint density at radius 3 is 2.62 bits per heavy atom. The Kier molecular flexibility index (Phi) is 5.37. The van der Waals surface area contributed by atoms with Crippen molar-refractivity contribution in [3.8, 4) is 5.75 Å². The number of hydrogen-bond donors (Lipinski definition) is 1. The number of ether oxygens (including phenoxy) is 1. The Morgan fingerprint density at radius 2 is 2.05 bits per heavy atom.